The molecule has 0 aromatic carbocycles. The van der Waals surface area contributed by atoms with Crippen molar-refractivity contribution in [3.05, 3.63) is 41.3 Å². The Morgan fingerprint density at radius 2 is 2.05 bits per heavy atom. The normalized spacial score (nSPS) is 11.8. The third-order valence-electron chi connectivity index (χ3n) is 3.05. The minimum absolute atomic E-state index is 0.369. The molecule has 0 aliphatic rings. The number of aryl methyl sites for hydroxylation is 1. The summed E-state index contributed by atoms with van der Waals surface area (Å²) in [5.74, 6) is 0.760. The average molecular weight is 294 g/mol. The summed E-state index contributed by atoms with van der Waals surface area (Å²) in [5, 5.41) is 4.47. The van der Waals surface area contributed by atoms with Crippen molar-refractivity contribution in [1.82, 2.24) is 19.5 Å². The summed E-state index contributed by atoms with van der Waals surface area (Å²) < 4.78 is 26.4. The van der Waals surface area contributed by atoms with E-state index in [4.69, 9.17) is 0 Å². The van der Waals surface area contributed by atoms with E-state index in [0.29, 0.717) is 13.0 Å². The lowest BCUT2D eigenvalue weighted by atomic mass is 10.1. The van der Waals surface area contributed by atoms with E-state index in [1.54, 1.807) is 10.9 Å². The molecule has 0 bridgehead atoms. The Hall–Kier alpha value is -1.73. The molecule has 2 rings (SSSR count). The van der Waals surface area contributed by atoms with E-state index in [-0.39, 0.29) is 0 Å². The summed E-state index contributed by atoms with van der Waals surface area (Å²) in [4.78, 5) is 4.27. The Balaban J connectivity index is 2.22. The summed E-state index contributed by atoms with van der Waals surface area (Å²) in [7, 11) is -3.15. The molecule has 0 amide bonds. The van der Waals surface area contributed by atoms with E-state index in [1.807, 2.05) is 32.0 Å². The summed E-state index contributed by atoms with van der Waals surface area (Å²) in [5.41, 5.74) is 2.92. The van der Waals surface area contributed by atoms with Gasteiger partial charge >= 0.3 is 0 Å². The van der Waals surface area contributed by atoms with E-state index in [1.165, 1.54) is 0 Å². The fraction of sp³-hybridized carbons (Fsp3) is 0.385. The molecule has 20 heavy (non-hydrogen) atoms. The second kappa shape index (κ2) is 5.72. The Morgan fingerprint density at radius 3 is 2.65 bits per heavy atom. The van der Waals surface area contributed by atoms with Crippen LogP contribution in [0.4, 0.5) is 0 Å². The number of rotatable bonds is 5. The molecule has 7 heteroatoms. The van der Waals surface area contributed by atoms with Crippen LogP contribution in [0.3, 0.4) is 0 Å². The molecule has 0 radical (unpaired) electrons. The fourth-order valence-electron chi connectivity index (χ4n) is 2.10. The Kier molecular flexibility index (Phi) is 4.20. The zero-order valence-electron chi connectivity index (χ0n) is 11.8. The van der Waals surface area contributed by atoms with Crippen molar-refractivity contribution < 1.29 is 8.42 Å². The van der Waals surface area contributed by atoms with Crippen molar-refractivity contribution in [2.45, 2.75) is 20.3 Å². The molecule has 0 saturated carbocycles. The number of hydrogen-bond donors (Lipinski definition) is 1. The van der Waals surface area contributed by atoms with Crippen molar-refractivity contribution in [1.29, 1.82) is 0 Å². The highest BCUT2D eigenvalue weighted by Crippen LogP contribution is 2.16. The van der Waals surface area contributed by atoms with Crippen LogP contribution < -0.4 is 4.72 Å². The largest absolute Gasteiger partial charge is 0.237 e. The zero-order chi connectivity index (χ0) is 14.8. The van der Waals surface area contributed by atoms with Gasteiger partial charge in [-0.3, -0.25) is 0 Å². The number of nitrogens with one attached hydrogen (secondary N) is 1. The Labute approximate surface area is 118 Å². The first-order valence-electron chi connectivity index (χ1n) is 6.29. The van der Waals surface area contributed by atoms with Gasteiger partial charge in [0.15, 0.2) is 5.82 Å². The average Bonchev–Trinajstić information content (AvgIpc) is 2.66. The van der Waals surface area contributed by atoms with Crippen LogP contribution in [0, 0.1) is 13.8 Å². The van der Waals surface area contributed by atoms with Gasteiger partial charge in [0.25, 0.3) is 0 Å². The molecular weight excluding hydrogens is 276 g/mol. The van der Waals surface area contributed by atoms with Crippen molar-refractivity contribution in [2.75, 3.05) is 12.8 Å². The molecule has 108 valence electrons. The topological polar surface area (TPSA) is 76.9 Å². The first-order chi connectivity index (χ1) is 9.38. The van der Waals surface area contributed by atoms with Gasteiger partial charge in [-0.15, -0.1) is 0 Å². The molecule has 0 unspecified atom stereocenters. The van der Waals surface area contributed by atoms with E-state index < -0.39 is 10.0 Å². The maximum atomic E-state index is 11.1. The summed E-state index contributed by atoms with van der Waals surface area (Å²) in [6.45, 7) is 4.25. The van der Waals surface area contributed by atoms with Crippen LogP contribution >= 0.6 is 0 Å². The van der Waals surface area contributed by atoms with Crippen LogP contribution in [0.15, 0.2) is 24.4 Å². The molecular formula is C13H18N4O2S. The molecule has 0 spiro atoms. The predicted octanol–water partition coefficient (Wildman–Crippen LogP) is 0.976. The van der Waals surface area contributed by atoms with E-state index in [9.17, 15) is 8.42 Å². The van der Waals surface area contributed by atoms with E-state index >= 15 is 0 Å². The monoisotopic (exact) mass is 294 g/mol. The Bertz CT molecular complexity index is 693. The highest BCUT2D eigenvalue weighted by Gasteiger charge is 2.13. The lowest BCUT2D eigenvalue weighted by Gasteiger charge is -2.05. The van der Waals surface area contributed by atoms with E-state index in [0.717, 1.165) is 29.0 Å². The van der Waals surface area contributed by atoms with Crippen LogP contribution in [0.2, 0.25) is 0 Å². The predicted molar refractivity (Wildman–Crippen MR) is 77.4 cm³/mol. The van der Waals surface area contributed by atoms with E-state index in [2.05, 4.69) is 14.8 Å². The maximum Gasteiger partial charge on any atom is 0.208 e. The molecule has 0 saturated heterocycles. The van der Waals surface area contributed by atoms with Crippen molar-refractivity contribution in [3.8, 4) is 5.82 Å². The number of nitrogens with zero attached hydrogens (tertiary/aromatic N) is 3. The van der Waals surface area contributed by atoms with Gasteiger partial charge in [-0.1, -0.05) is 6.07 Å². The van der Waals surface area contributed by atoms with Crippen LogP contribution in [-0.4, -0.2) is 36.0 Å². The van der Waals surface area contributed by atoms with Gasteiger partial charge in [0.1, 0.15) is 0 Å². The van der Waals surface area contributed by atoms with Gasteiger partial charge in [-0.25, -0.2) is 22.8 Å². The van der Waals surface area contributed by atoms with Crippen molar-refractivity contribution in [3.63, 3.8) is 0 Å². The molecule has 2 aromatic heterocycles. The minimum Gasteiger partial charge on any atom is -0.237 e. The lowest BCUT2D eigenvalue weighted by Crippen LogP contribution is -2.24. The molecule has 0 fully saturated rings. The summed E-state index contributed by atoms with van der Waals surface area (Å²) in [6.07, 6.45) is 3.48. The second-order valence-electron chi connectivity index (χ2n) is 4.67. The SMILES string of the molecule is Cc1nn(-c2ccccn2)c(C)c1CCNS(C)(=O)=O. The summed E-state index contributed by atoms with van der Waals surface area (Å²) >= 11 is 0. The van der Waals surface area contributed by atoms with Gasteiger partial charge in [0.05, 0.1) is 11.9 Å². The number of pyridine rings is 1. The second-order valence-corrected chi connectivity index (χ2v) is 6.50. The van der Waals surface area contributed by atoms with Crippen LogP contribution in [0.1, 0.15) is 17.0 Å². The van der Waals surface area contributed by atoms with Crippen LogP contribution in [-0.2, 0) is 16.4 Å². The smallest absolute Gasteiger partial charge is 0.208 e. The summed E-state index contributed by atoms with van der Waals surface area (Å²) in [6, 6.07) is 5.65. The number of sulfonamides is 1. The lowest BCUT2D eigenvalue weighted by molar-refractivity contribution is 0.587. The quantitative estimate of drug-likeness (QED) is 0.891. The minimum atomic E-state index is -3.15. The van der Waals surface area contributed by atoms with Gasteiger partial charge in [0.2, 0.25) is 10.0 Å². The van der Waals surface area contributed by atoms with Gasteiger partial charge in [-0.2, -0.15) is 5.10 Å². The Morgan fingerprint density at radius 1 is 1.30 bits per heavy atom. The number of aromatic nitrogens is 3. The molecule has 6 nitrogen and oxygen atoms in total. The first kappa shape index (κ1) is 14.7. The van der Waals surface area contributed by atoms with Crippen LogP contribution in [0.5, 0.6) is 0 Å². The van der Waals surface area contributed by atoms with Crippen LogP contribution in [0.25, 0.3) is 5.82 Å². The zero-order valence-corrected chi connectivity index (χ0v) is 12.6. The maximum absolute atomic E-state index is 11.1. The van der Waals surface area contributed by atoms with Gasteiger partial charge in [0, 0.05) is 18.4 Å². The van der Waals surface area contributed by atoms with Gasteiger partial charge in [-0.05, 0) is 38.0 Å². The fourth-order valence-corrected chi connectivity index (χ4v) is 2.57. The highest BCUT2D eigenvalue weighted by atomic mass is 32.2. The molecule has 0 aliphatic heterocycles. The molecule has 1 N–H and O–H groups in total. The third kappa shape index (κ3) is 3.43. The van der Waals surface area contributed by atoms with Gasteiger partial charge < -0.3 is 0 Å². The highest BCUT2D eigenvalue weighted by molar-refractivity contribution is 7.88. The van der Waals surface area contributed by atoms with Crippen molar-refractivity contribution in [2.24, 2.45) is 0 Å². The molecule has 2 heterocycles. The molecule has 0 aliphatic carbocycles. The standard InChI is InChI=1S/C13H18N4O2S/c1-10-12(7-9-15-20(3,18)19)11(2)17(16-10)13-6-4-5-8-14-13/h4-6,8,15H,7,9H2,1-3H3. The third-order valence-corrected chi connectivity index (χ3v) is 3.78. The van der Waals surface area contributed by atoms with Crippen molar-refractivity contribution >= 4 is 10.0 Å². The number of hydrogen-bond acceptors (Lipinski definition) is 4. The molecule has 2 aromatic rings. The first-order valence-corrected chi connectivity index (χ1v) is 8.19. The molecule has 0 atom stereocenters.